The van der Waals surface area contributed by atoms with Crippen LogP contribution in [-0.2, 0) is 0 Å². The number of nitrogens with zero attached hydrogens (tertiary/aromatic N) is 2. The molecule has 172 valence electrons. The molecule has 0 aliphatic rings. The lowest BCUT2D eigenvalue weighted by Crippen LogP contribution is -2.11. The number of methoxy groups -OCH3 is 2. The summed E-state index contributed by atoms with van der Waals surface area (Å²) in [4.78, 5) is 23.5. The summed E-state index contributed by atoms with van der Waals surface area (Å²) in [6.07, 6.45) is 0. The number of carbonyl (C=O) groups excluding carboxylic acids is 1. The number of carbonyl (C=O) groups is 1. The summed E-state index contributed by atoms with van der Waals surface area (Å²) >= 11 is 0. The Balaban J connectivity index is 1.82. The first-order valence-corrected chi connectivity index (χ1v) is 11.3. The van der Waals surface area contributed by atoms with Gasteiger partial charge in [0.15, 0.2) is 11.6 Å². The largest absolute Gasteiger partial charge is 0.497 e. The van der Waals surface area contributed by atoms with Crippen molar-refractivity contribution in [3.8, 4) is 34.1 Å². The lowest BCUT2D eigenvalue weighted by molar-refractivity contribution is 0.103. The zero-order valence-corrected chi connectivity index (χ0v) is 19.8. The number of aryl methyl sites for hydroxylation is 1. The van der Waals surface area contributed by atoms with E-state index in [0.717, 1.165) is 16.3 Å². The number of ketones is 1. The molecule has 35 heavy (non-hydrogen) atoms. The third kappa shape index (κ3) is 4.13. The van der Waals surface area contributed by atoms with Crippen LogP contribution >= 0.6 is 0 Å². The van der Waals surface area contributed by atoms with Crippen molar-refractivity contribution in [3.05, 3.63) is 108 Å². The van der Waals surface area contributed by atoms with Crippen LogP contribution in [-0.4, -0.2) is 30.0 Å². The van der Waals surface area contributed by atoms with E-state index in [-0.39, 0.29) is 5.78 Å². The molecule has 0 aliphatic carbocycles. The Morgan fingerprint density at radius 2 is 1.49 bits per heavy atom. The highest BCUT2D eigenvalue weighted by Gasteiger charge is 2.24. The van der Waals surface area contributed by atoms with Crippen LogP contribution in [0.2, 0.25) is 0 Å². The third-order valence-electron chi connectivity index (χ3n) is 6.05. The molecule has 0 radical (unpaired) electrons. The van der Waals surface area contributed by atoms with Crippen LogP contribution in [0.15, 0.2) is 91.0 Å². The van der Waals surface area contributed by atoms with Gasteiger partial charge in [-0.25, -0.2) is 9.97 Å². The lowest BCUT2D eigenvalue weighted by atomic mass is 9.95. The Labute approximate surface area is 204 Å². The average molecular weight is 461 g/mol. The molecule has 5 nitrogen and oxygen atoms in total. The van der Waals surface area contributed by atoms with Crippen LogP contribution < -0.4 is 9.47 Å². The fraction of sp³-hybridized carbons (Fsp3) is 0.100. The van der Waals surface area contributed by atoms with Crippen molar-refractivity contribution in [3.63, 3.8) is 0 Å². The molecular formula is C30H24N2O3. The van der Waals surface area contributed by atoms with Gasteiger partial charge in [0.05, 0.1) is 31.2 Å². The molecule has 0 fully saturated rings. The zero-order valence-electron chi connectivity index (χ0n) is 19.8. The molecule has 0 bridgehead atoms. The number of hydrogen-bond donors (Lipinski definition) is 0. The van der Waals surface area contributed by atoms with Crippen LogP contribution in [0, 0.1) is 6.92 Å². The monoisotopic (exact) mass is 460 g/mol. The van der Waals surface area contributed by atoms with Gasteiger partial charge >= 0.3 is 0 Å². The van der Waals surface area contributed by atoms with Crippen molar-refractivity contribution < 1.29 is 14.3 Å². The number of hydrogen-bond acceptors (Lipinski definition) is 5. The van der Waals surface area contributed by atoms with Gasteiger partial charge in [-0.2, -0.15) is 0 Å². The molecule has 0 spiro atoms. The molecule has 5 heteroatoms. The summed E-state index contributed by atoms with van der Waals surface area (Å²) in [5.41, 5.74) is 3.67. The molecule has 1 aromatic heterocycles. The van der Waals surface area contributed by atoms with Gasteiger partial charge in [-0.15, -0.1) is 0 Å². The highest BCUT2D eigenvalue weighted by Crippen LogP contribution is 2.37. The molecule has 1 heterocycles. The van der Waals surface area contributed by atoms with Crippen LogP contribution in [0.4, 0.5) is 0 Å². The normalized spacial score (nSPS) is 10.8. The van der Waals surface area contributed by atoms with Crippen molar-refractivity contribution in [1.29, 1.82) is 0 Å². The van der Waals surface area contributed by atoms with Gasteiger partial charge in [-0.1, -0.05) is 72.8 Å². The quantitative estimate of drug-likeness (QED) is 0.270. The smallest absolute Gasteiger partial charge is 0.197 e. The van der Waals surface area contributed by atoms with E-state index in [4.69, 9.17) is 19.4 Å². The van der Waals surface area contributed by atoms with E-state index < -0.39 is 0 Å². The number of ether oxygens (including phenoxy) is 2. The second kappa shape index (κ2) is 9.39. The Kier molecular flexibility index (Phi) is 5.98. The zero-order chi connectivity index (χ0) is 24.4. The van der Waals surface area contributed by atoms with Gasteiger partial charge < -0.3 is 9.47 Å². The molecule has 0 atom stereocenters. The summed E-state index contributed by atoms with van der Waals surface area (Å²) in [6, 6.07) is 28.8. The number of benzene rings is 4. The van der Waals surface area contributed by atoms with Gasteiger partial charge in [0, 0.05) is 16.7 Å². The number of fused-ring (bicyclic) bond motifs is 1. The summed E-state index contributed by atoms with van der Waals surface area (Å²) in [5.74, 6) is 1.63. The number of rotatable bonds is 6. The van der Waals surface area contributed by atoms with E-state index in [9.17, 15) is 4.79 Å². The summed E-state index contributed by atoms with van der Waals surface area (Å²) in [7, 11) is 3.21. The SMILES string of the molecule is COc1ccc(OC)c(-c2nc(-c3cccc4ccccc34)nc(C)c2C(=O)c2ccccc2)c1. The maximum absolute atomic E-state index is 13.7. The van der Waals surface area contributed by atoms with E-state index in [1.807, 2.05) is 67.6 Å². The highest BCUT2D eigenvalue weighted by atomic mass is 16.5. The Bertz CT molecular complexity index is 1540. The van der Waals surface area contributed by atoms with E-state index in [2.05, 4.69) is 18.2 Å². The van der Waals surface area contributed by atoms with Crippen molar-refractivity contribution in [1.82, 2.24) is 9.97 Å². The molecule has 0 saturated heterocycles. The molecule has 5 aromatic rings. The van der Waals surface area contributed by atoms with Crippen LogP contribution in [0.1, 0.15) is 21.6 Å². The van der Waals surface area contributed by atoms with Gasteiger partial charge in [-0.05, 0) is 35.9 Å². The molecule has 5 rings (SSSR count). The van der Waals surface area contributed by atoms with E-state index in [1.165, 1.54) is 0 Å². The van der Waals surface area contributed by atoms with Crippen molar-refractivity contribution in [2.45, 2.75) is 6.92 Å². The molecule has 0 amide bonds. The second-order valence-electron chi connectivity index (χ2n) is 8.14. The van der Waals surface area contributed by atoms with Crippen molar-refractivity contribution in [2.24, 2.45) is 0 Å². The van der Waals surface area contributed by atoms with Gasteiger partial charge in [0.1, 0.15) is 11.5 Å². The van der Waals surface area contributed by atoms with Gasteiger partial charge in [0.25, 0.3) is 0 Å². The molecule has 0 saturated carbocycles. The first-order chi connectivity index (χ1) is 17.1. The topological polar surface area (TPSA) is 61.3 Å². The van der Waals surface area contributed by atoms with E-state index >= 15 is 0 Å². The Morgan fingerprint density at radius 1 is 0.743 bits per heavy atom. The first kappa shape index (κ1) is 22.3. The molecule has 4 aromatic carbocycles. The Morgan fingerprint density at radius 3 is 2.26 bits per heavy atom. The van der Waals surface area contributed by atoms with Gasteiger partial charge in [-0.3, -0.25) is 4.79 Å². The van der Waals surface area contributed by atoms with Crippen molar-refractivity contribution in [2.75, 3.05) is 14.2 Å². The van der Waals surface area contributed by atoms with Crippen LogP contribution in [0.5, 0.6) is 11.5 Å². The second-order valence-corrected chi connectivity index (χ2v) is 8.14. The van der Waals surface area contributed by atoms with Crippen LogP contribution in [0.25, 0.3) is 33.4 Å². The highest BCUT2D eigenvalue weighted by molar-refractivity contribution is 6.13. The number of aromatic nitrogens is 2. The summed E-state index contributed by atoms with van der Waals surface area (Å²) in [5, 5.41) is 2.14. The first-order valence-electron chi connectivity index (χ1n) is 11.3. The molecule has 0 unspecified atom stereocenters. The fourth-order valence-corrected chi connectivity index (χ4v) is 4.31. The summed E-state index contributed by atoms with van der Waals surface area (Å²) in [6.45, 7) is 1.85. The minimum atomic E-state index is -0.146. The van der Waals surface area contributed by atoms with E-state index in [1.54, 1.807) is 26.4 Å². The minimum absolute atomic E-state index is 0.146. The van der Waals surface area contributed by atoms with Gasteiger partial charge in [0.2, 0.25) is 0 Å². The maximum Gasteiger partial charge on any atom is 0.197 e. The van der Waals surface area contributed by atoms with E-state index in [0.29, 0.717) is 45.4 Å². The maximum atomic E-state index is 13.7. The van der Waals surface area contributed by atoms with Crippen LogP contribution in [0.3, 0.4) is 0 Å². The predicted octanol–water partition coefficient (Wildman–Crippen LogP) is 6.52. The molecular weight excluding hydrogens is 436 g/mol. The van der Waals surface area contributed by atoms with Crippen molar-refractivity contribution >= 4 is 16.6 Å². The third-order valence-corrected chi connectivity index (χ3v) is 6.05. The lowest BCUT2D eigenvalue weighted by Gasteiger charge is -2.17. The molecule has 0 N–H and O–H groups in total. The predicted molar refractivity (Wildman–Crippen MR) is 138 cm³/mol. The average Bonchev–Trinajstić information content (AvgIpc) is 2.92. The molecule has 0 aliphatic heterocycles. The minimum Gasteiger partial charge on any atom is -0.497 e. The standard InChI is InChI=1S/C30H24N2O3/c1-19-27(29(33)21-11-5-4-6-12-21)28(25-18-22(34-2)16-17-26(25)35-3)32-30(31-19)24-15-9-13-20-10-7-8-14-23(20)24/h4-18H,1-3H3. The fourth-order valence-electron chi connectivity index (χ4n) is 4.31. The summed E-state index contributed by atoms with van der Waals surface area (Å²) < 4.78 is 11.1. The Hall–Kier alpha value is -4.51.